The smallest absolute Gasteiger partial charge is 0.259 e. The zero-order valence-electron chi connectivity index (χ0n) is 16.6. The fourth-order valence-corrected chi connectivity index (χ4v) is 4.45. The standard InChI is InChI=1S/C24H18ClNO4S/c1-31(29,30)19-10-7-16(8-11-19)14-26-22(15-27)23(17-5-3-2-4-6-17)21-13-18(25)9-12-20(21)24(26)28/h2-13,15H,14H2,1H3. The van der Waals surface area contributed by atoms with Gasteiger partial charge in [-0.15, -0.1) is 0 Å². The Morgan fingerprint density at radius 1 is 0.935 bits per heavy atom. The molecule has 156 valence electrons. The van der Waals surface area contributed by atoms with Crippen molar-refractivity contribution in [2.24, 2.45) is 0 Å². The van der Waals surface area contributed by atoms with Crippen LogP contribution in [0.2, 0.25) is 5.02 Å². The van der Waals surface area contributed by atoms with Gasteiger partial charge >= 0.3 is 0 Å². The highest BCUT2D eigenvalue weighted by molar-refractivity contribution is 7.90. The summed E-state index contributed by atoms with van der Waals surface area (Å²) in [5.41, 5.74) is 2.03. The fourth-order valence-electron chi connectivity index (χ4n) is 3.65. The van der Waals surface area contributed by atoms with E-state index in [1.54, 1.807) is 30.3 Å². The molecule has 0 saturated heterocycles. The van der Waals surface area contributed by atoms with Gasteiger partial charge in [-0.1, -0.05) is 54.1 Å². The molecule has 1 heterocycles. The number of aldehydes is 1. The van der Waals surface area contributed by atoms with Gasteiger partial charge in [0.15, 0.2) is 16.1 Å². The molecule has 5 nitrogen and oxygen atoms in total. The number of hydrogen-bond acceptors (Lipinski definition) is 4. The summed E-state index contributed by atoms with van der Waals surface area (Å²) in [7, 11) is -3.33. The maximum absolute atomic E-state index is 13.3. The molecule has 0 atom stereocenters. The summed E-state index contributed by atoms with van der Waals surface area (Å²) in [6.45, 7) is 0.120. The number of hydrogen-bond donors (Lipinski definition) is 0. The maximum Gasteiger partial charge on any atom is 0.259 e. The number of rotatable bonds is 5. The van der Waals surface area contributed by atoms with Gasteiger partial charge in [0.2, 0.25) is 0 Å². The van der Waals surface area contributed by atoms with Crippen LogP contribution in [-0.2, 0) is 16.4 Å². The lowest BCUT2D eigenvalue weighted by Gasteiger charge is -2.17. The lowest BCUT2D eigenvalue weighted by molar-refractivity contribution is 0.111. The molecule has 7 heteroatoms. The minimum atomic E-state index is -3.33. The number of benzene rings is 3. The van der Waals surface area contributed by atoms with Gasteiger partial charge in [0.05, 0.1) is 17.1 Å². The highest BCUT2D eigenvalue weighted by atomic mass is 35.5. The Kier molecular flexibility index (Phi) is 5.52. The molecule has 0 radical (unpaired) electrons. The Morgan fingerprint density at radius 2 is 1.61 bits per heavy atom. The minimum absolute atomic E-state index is 0.120. The Balaban J connectivity index is 1.98. The highest BCUT2D eigenvalue weighted by Gasteiger charge is 2.18. The van der Waals surface area contributed by atoms with Gasteiger partial charge in [-0.05, 0) is 46.8 Å². The summed E-state index contributed by atoms with van der Waals surface area (Å²) in [5.74, 6) is 0. The number of sulfone groups is 1. The third-order valence-corrected chi connectivity index (χ3v) is 6.50. The SMILES string of the molecule is CS(=O)(=O)c1ccc(Cn2c(C=O)c(-c3ccccc3)c3cc(Cl)ccc3c2=O)cc1. The van der Waals surface area contributed by atoms with Gasteiger partial charge in [0, 0.05) is 22.2 Å². The predicted octanol–water partition coefficient (Wildman–Crippen LogP) is 4.59. The van der Waals surface area contributed by atoms with E-state index in [1.807, 2.05) is 30.3 Å². The monoisotopic (exact) mass is 451 g/mol. The van der Waals surface area contributed by atoms with Crippen molar-refractivity contribution in [1.82, 2.24) is 4.57 Å². The Morgan fingerprint density at radius 3 is 2.23 bits per heavy atom. The number of halogens is 1. The molecule has 0 aliphatic carbocycles. The molecular weight excluding hydrogens is 434 g/mol. The first kappa shape index (κ1) is 21.0. The molecule has 0 saturated carbocycles. The fraction of sp³-hybridized carbons (Fsp3) is 0.0833. The van der Waals surface area contributed by atoms with Crippen LogP contribution < -0.4 is 5.56 Å². The summed E-state index contributed by atoms with van der Waals surface area (Å²) in [4.78, 5) is 25.7. The van der Waals surface area contributed by atoms with Crippen LogP contribution in [0.4, 0.5) is 0 Å². The molecule has 0 aliphatic rings. The Hall–Kier alpha value is -3.22. The average molecular weight is 452 g/mol. The number of carbonyl (C=O) groups is 1. The first-order valence-electron chi connectivity index (χ1n) is 9.45. The van der Waals surface area contributed by atoms with Crippen molar-refractivity contribution in [3.63, 3.8) is 0 Å². The number of fused-ring (bicyclic) bond motifs is 1. The minimum Gasteiger partial charge on any atom is -0.300 e. The van der Waals surface area contributed by atoms with Gasteiger partial charge < -0.3 is 4.57 Å². The number of aromatic nitrogens is 1. The second-order valence-corrected chi connectivity index (χ2v) is 9.69. The molecule has 0 spiro atoms. The van der Waals surface area contributed by atoms with Crippen LogP contribution in [0.5, 0.6) is 0 Å². The Labute approximate surface area is 184 Å². The van der Waals surface area contributed by atoms with E-state index in [0.29, 0.717) is 33.2 Å². The zero-order valence-corrected chi connectivity index (χ0v) is 18.2. The summed E-state index contributed by atoms with van der Waals surface area (Å²) < 4.78 is 24.9. The number of pyridine rings is 1. The summed E-state index contributed by atoms with van der Waals surface area (Å²) in [5, 5.41) is 1.52. The van der Waals surface area contributed by atoms with E-state index in [-0.39, 0.29) is 22.7 Å². The second-order valence-electron chi connectivity index (χ2n) is 7.24. The van der Waals surface area contributed by atoms with E-state index >= 15 is 0 Å². The number of nitrogens with zero attached hydrogens (tertiary/aromatic N) is 1. The van der Waals surface area contributed by atoms with Gasteiger partial charge in [-0.25, -0.2) is 8.42 Å². The largest absolute Gasteiger partial charge is 0.300 e. The van der Waals surface area contributed by atoms with Gasteiger partial charge in [-0.2, -0.15) is 0 Å². The van der Waals surface area contributed by atoms with Gasteiger partial charge in [0.25, 0.3) is 5.56 Å². The van der Waals surface area contributed by atoms with Crippen LogP contribution in [0.15, 0.2) is 82.5 Å². The predicted molar refractivity (Wildman–Crippen MR) is 123 cm³/mol. The summed E-state index contributed by atoms with van der Waals surface area (Å²) >= 11 is 6.20. The normalized spacial score (nSPS) is 11.5. The van der Waals surface area contributed by atoms with Crippen LogP contribution in [0.1, 0.15) is 16.1 Å². The van der Waals surface area contributed by atoms with Gasteiger partial charge in [-0.3, -0.25) is 9.59 Å². The van der Waals surface area contributed by atoms with E-state index in [9.17, 15) is 18.0 Å². The first-order valence-corrected chi connectivity index (χ1v) is 11.7. The van der Waals surface area contributed by atoms with Crippen molar-refractivity contribution in [3.8, 4) is 11.1 Å². The van der Waals surface area contributed by atoms with Crippen molar-refractivity contribution < 1.29 is 13.2 Å². The third-order valence-electron chi connectivity index (χ3n) is 5.14. The van der Waals surface area contributed by atoms with Crippen LogP contribution >= 0.6 is 11.6 Å². The van der Waals surface area contributed by atoms with Crippen molar-refractivity contribution in [2.45, 2.75) is 11.4 Å². The number of carbonyl (C=O) groups excluding carboxylic acids is 1. The van der Waals surface area contributed by atoms with Gasteiger partial charge in [0.1, 0.15) is 0 Å². The molecule has 0 bridgehead atoms. The van der Waals surface area contributed by atoms with Crippen LogP contribution in [0.25, 0.3) is 21.9 Å². The molecule has 31 heavy (non-hydrogen) atoms. The second kappa shape index (κ2) is 8.13. The zero-order chi connectivity index (χ0) is 22.2. The van der Waals surface area contributed by atoms with Crippen LogP contribution in [0.3, 0.4) is 0 Å². The molecule has 0 aliphatic heterocycles. The van der Waals surface area contributed by atoms with Crippen LogP contribution in [0, 0.1) is 0 Å². The van der Waals surface area contributed by atoms with Crippen molar-refractivity contribution >= 4 is 38.5 Å². The average Bonchev–Trinajstić information content (AvgIpc) is 2.75. The van der Waals surface area contributed by atoms with E-state index in [1.165, 1.54) is 16.7 Å². The highest BCUT2D eigenvalue weighted by Crippen LogP contribution is 2.32. The summed E-state index contributed by atoms with van der Waals surface area (Å²) in [6, 6.07) is 20.6. The molecule has 0 amide bonds. The third kappa shape index (κ3) is 4.04. The lowest BCUT2D eigenvalue weighted by atomic mass is 9.97. The van der Waals surface area contributed by atoms with Crippen molar-refractivity contribution in [2.75, 3.05) is 6.26 Å². The van der Waals surface area contributed by atoms with E-state index in [0.717, 1.165) is 11.8 Å². The molecule has 0 N–H and O–H groups in total. The molecule has 4 rings (SSSR count). The molecule has 0 unspecified atom stereocenters. The van der Waals surface area contributed by atoms with Crippen molar-refractivity contribution in [3.05, 3.63) is 99.4 Å². The molecule has 4 aromatic rings. The molecule has 0 fully saturated rings. The van der Waals surface area contributed by atoms with E-state index < -0.39 is 9.84 Å². The van der Waals surface area contributed by atoms with E-state index in [2.05, 4.69) is 0 Å². The quantitative estimate of drug-likeness (QED) is 0.416. The topological polar surface area (TPSA) is 73.2 Å². The molecular formula is C24H18ClNO4S. The van der Waals surface area contributed by atoms with Crippen LogP contribution in [-0.4, -0.2) is 25.5 Å². The Bertz CT molecular complexity index is 1460. The molecule has 3 aromatic carbocycles. The first-order chi connectivity index (χ1) is 14.8. The maximum atomic E-state index is 13.3. The molecule has 1 aromatic heterocycles. The summed E-state index contributed by atoms with van der Waals surface area (Å²) in [6.07, 6.45) is 1.81. The van der Waals surface area contributed by atoms with E-state index in [4.69, 9.17) is 11.6 Å². The lowest BCUT2D eigenvalue weighted by Crippen LogP contribution is -2.25. The van der Waals surface area contributed by atoms with Crippen molar-refractivity contribution in [1.29, 1.82) is 0 Å².